The minimum Gasteiger partial charge on any atom is -0.467 e. The summed E-state index contributed by atoms with van der Waals surface area (Å²) in [4.78, 5) is 14.7. The second kappa shape index (κ2) is 5.56. The number of piperidine rings is 1. The van der Waals surface area contributed by atoms with Crippen LogP contribution in [-0.2, 0) is 0 Å². The highest BCUT2D eigenvalue weighted by Gasteiger charge is 2.30. The lowest BCUT2D eigenvalue weighted by atomic mass is 9.95. The molecular weight excluding hydrogens is 246 g/mol. The monoisotopic (exact) mass is 267 g/mol. The van der Waals surface area contributed by atoms with E-state index < -0.39 is 5.60 Å². The van der Waals surface area contributed by atoms with Crippen LogP contribution in [0.2, 0.25) is 0 Å². The molecule has 2 N–H and O–H groups in total. The fourth-order valence-corrected chi connectivity index (χ4v) is 2.21. The van der Waals surface area contributed by atoms with Crippen LogP contribution in [0, 0.1) is 0 Å². The minimum atomic E-state index is -0.698. The molecule has 1 fully saturated rings. The summed E-state index contributed by atoms with van der Waals surface area (Å²) in [5.74, 6) is 1.04. The number of aromatic nitrogens is 3. The van der Waals surface area contributed by atoms with Gasteiger partial charge >= 0.3 is 6.01 Å². The van der Waals surface area contributed by atoms with Gasteiger partial charge in [0, 0.05) is 19.6 Å². The van der Waals surface area contributed by atoms with E-state index in [4.69, 9.17) is 4.74 Å². The number of β-amino-alcohol motifs (C(OH)–C–C–N with tert-alkyl or cyclic N) is 1. The third-order valence-electron chi connectivity index (χ3n) is 3.08. The van der Waals surface area contributed by atoms with Crippen molar-refractivity contribution in [1.82, 2.24) is 15.0 Å². The number of aliphatic hydroxyl groups is 1. The first-order chi connectivity index (χ1) is 9.04. The molecule has 2 rings (SSSR count). The second-order valence-electron chi connectivity index (χ2n) is 5.00. The van der Waals surface area contributed by atoms with Crippen molar-refractivity contribution < 1.29 is 9.84 Å². The van der Waals surface area contributed by atoms with Crippen molar-refractivity contribution >= 4 is 11.9 Å². The number of nitrogens with zero attached hydrogens (tertiary/aromatic N) is 4. The van der Waals surface area contributed by atoms with E-state index in [1.54, 1.807) is 0 Å². The Kier molecular flexibility index (Phi) is 4.04. The zero-order chi connectivity index (χ0) is 13.9. The van der Waals surface area contributed by atoms with Gasteiger partial charge in [-0.15, -0.1) is 0 Å². The number of anilines is 2. The van der Waals surface area contributed by atoms with Crippen molar-refractivity contribution in [3.05, 3.63) is 0 Å². The van der Waals surface area contributed by atoms with Crippen molar-refractivity contribution in [2.75, 3.05) is 37.0 Å². The van der Waals surface area contributed by atoms with Crippen molar-refractivity contribution in [2.45, 2.75) is 32.3 Å². The SMILES string of the molecule is CCNc1nc(OC)nc(N2CCCC(C)(O)C2)n1. The van der Waals surface area contributed by atoms with Crippen LogP contribution in [-0.4, -0.2) is 52.4 Å². The molecule has 1 aliphatic rings. The molecular formula is C12H21N5O2. The molecule has 0 aromatic carbocycles. The summed E-state index contributed by atoms with van der Waals surface area (Å²) in [5.41, 5.74) is -0.698. The van der Waals surface area contributed by atoms with Gasteiger partial charge in [0.25, 0.3) is 0 Å². The zero-order valence-corrected chi connectivity index (χ0v) is 11.7. The maximum absolute atomic E-state index is 10.1. The molecule has 0 saturated carbocycles. The number of methoxy groups -OCH3 is 1. The first-order valence-corrected chi connectivity index (χ1v) is 6.55. The number of rotatable bonds is 4. The molecule has 0 amide bonds. The van der Waals surface area contributed by atoms with E-state index in [-0.39, 0.29) is 6.01 Å². The molecule has 1 unspecified atom stereocenters. The summed E-state index contributed by atoms with van der Waals surface area (Å²) in [6.07, 6.45) is 1.71. The highest BCUT2D eigenvalue weighted by atomic mass is 16.5. The summed E-state index contributed by atoms with van der Waals surface area (Å²) in [5, 5.41) is 13.2. The first-order valence-electron chi connectivity index (χ1n) is 6.55. The van der Waals surface area contributed by atoms with Crippen molar-refractivity contribution in [1.29, 1.82) is 0 Å². The molecule has 2 heterocycles. The van der Waals surface area contributed by atoms with Crippen LogP contribution in [0.25, 0.3) is 0 Å². The molecule has 1 saturated heterocycles. The van der Waals surface area contributed by atoms with Crippen LogP contribution in [0.5, 0.6) is 6.01 Å². The summed E-state index contributed by atoms with van der Waals surface area (Å²) in [6, 6.07) is 0.283. The topological polar surface area (TPSA) is 83.4 Å². The highest BCUT2D eigenvalue weighted by molar-refractivity contribution is 5.39. The van der Waals surface area contributed by atoms with Gasteiger partial charge in [0.2, 0.25) is 11.9 Å². The first kappa shape index (κ1) is 13.8. The standard InChI is InChI=1S/C12H21N5O2/c1-4-13-9-14-10(16-11(15-9)19-3)17-7-5-6-12(2,18)8-17/h18H,4-8H2,1-3H3,(H,13,14,15,16). The van der Waals surface area contributed by atoms with E-state index in [2.05, 4.69) is 20.3 Å². The van der Waals surface area contributed by atoms with Crippen molar-refractivity contribution in [3.63, 3.8) is 0 Å². The highest BCUT2D eigenvalue weighted by Crippen LogP contribution is 2.24. The fraction of sp³-hybridized carbons (Fsp3) is 0.750. The Bertz CT molecular complexity index is 438. The Morgan fingerprint density at radius 3 is 2.84 bits per heavy atom. The molecule has 1 aliphatic heterocycles. The quantitative estimate of drug-likeness (QED) is 0.829. The Labute approximate surface area is 113 Å². The van der Waals surface area contributed by atoms with Crippen molar-refractivity contribution in [2.24, 2.45) is 0 Å². The average molecular weight is 267 g/mol. The second-order valence-corrected chi connectivity index (χ2v) is 5.00. The lowest BCUT2D eigenvalue weighted by Crippen LogP contribution is -2.46. The molecule has 1 aromatic rings. The largest absolute Gasteiger partial charge is 0.467 e. The molecule has 1 aromatic heterocycles. The maximum atomic E-state index is 10.1. The summed E-state index contributed by atoms with van der Waals surface area (Å²) in [6.45, 7) is 5.88. The van der Waals surface area contributed by atoms with Gasteiger partial charge < -0.3 is 20.1 Å². The molecule has 0 radical (unpaired) electrons. The lowest BCUT2D eigenvalue weighted by molar-refractivity contribution is 0.0444. The van der Waals surface area contributed by atoms with Gasteiger partial charge in [-0.25, -0.2) is 0 Å². The van der Waals surface area contributed by atoms with Gasteiger partial charge in [-0.05, 0) is 26.7 Å². The van der Waals surface area contributed by atoms with Crippen LogP contribution in [0.3, 0.4) is 0 Å². The molecule has 106 valence electrons. The third-order valence-corrected chi connectivity index (χ3v) is 3.08. The van der Waals surface area contributed by atoms with Crippen LogP contribution >= 0.6 is 0 Å². The molecule has 0 aliphatic carbocycles. The Morgan fingerprint density at radius 2 is 2.21 bits per heavy atom. The minimum absolute atomic E-state index is 0.283. The van der Waals surface area contributed by atoms with Gasteiger partial charge in [-0.3, -0.25) is 0 Å². The number of hydrogen-bond acceptors (Lipinski definition) is 7. The van der Waals surface area contributed by atoms with Crippen LogP contribution < -0.4 is 15.0 Å². The van der Waals surface area contributed by atoms with Gasteiger partial charge in [0.15, 0.2) is 0 Å². The van der Waals surface area contributed by atoms with E-state index in [9.17, 15) is 5.11 Å². The van der Waals surface area contributed by atoms with E-state index in [0.717, 1.165) is 25.9 Å². The molecule has 0 bridgehead atoms. The molecule has 19 heavy (non-hydrogen) atoms. The number of ether oxygens (including phenoxy) is 1. The van der Waals surface area contributed by atoms with Gasteiger partial charge in [-0.1, -0.05) is 0 Å². The van der Waals surface area contributed by atoms with Crippen LogP contribution in [0.4, 0.5) is 11.9 Å². The predicted octanol–water partition coefficient (Wildman–Crippen LogP) is 0.663. The normalized spacial score (nSPS) is 23.3. The van der Waals surface area contributed by atoms with Crippen LogP contribution in [0.15, 0.2) is 0 Å². The summed E-state index contributed by atoms with van der Waals surface area (Å²) < 4.78 is 5.09. The van der Waals surface area contributed by atoms with Gasteiger partial charge in [-0.2, -0.15) is 15.0 Å². The Hall–Kier alpha value is -1.63. The third kappa shape index (κ3) is 3.44. The zero-order valence-electron chi connectivity index (χ0n) is 11.7. The van der Waals surface area contributed by atoms with Crippen molar-refractivity contribution in [3.8, 4) is 6.01 Å². The smallest absolute Gasteiger partial charge is 0.322 e. The Morgan fingerprint density at radius 1 is 1.42 bits per heavy atom. The average Bonchev–Trinajstić information content (AvgIpc) is 2.37. The van der Waals surface area contributed by atoms with E-state index in [0.29, 0.717) is 18.4 Å². The van der Waals surface area contributed by atoms with Gasteiger partial charge in [0.05, 0.1) is 12.7 Å². The molecule has 0 spiro atoms. The predicted molar refractivity (Wildman–Crippen MR) is 72.6 cm³/mol. The van der Waals surface area contributed by atoms with Gasteiger partial charge in [0.1, 0.15) is 0 Å². The number of nitrogens with one attached hydrogen (secondary N) is 1. The van der Waals surface area contributed by atoms with Crippen LogP contribution in [0.1, 0.15) is 26.7 Å². The molecule has 1 atom stereocenters. The summed E-state index contributed by atoms with van der Waals surface area (Å²) >= 11 is 0. The number of hydrogen-bond donors (Lipinski definition) is 2. The summed E-state index contributed by atoms with van der Waals surface area (Å²) in [7, 11) is 1.53. The molecule has 7 heteroatoms. The lowest BCUT2D eigenvalue weighted by Gasteiger charge is -2.36. The van der Waals surface area contributed by atoms with E-state index in [1.165, 1.54) is 7.11 Å². The fourth-order valence-electron chi connectivity index (χ4n) is 2.21. The van der Waals surface area contributed by atoms with E-state index >= 15 is 0 Å². The molecule has 7 nitrogen and oxygen atoms in total. The Balaban J connectivity index is 2.25. The maximum Gasteiger partial charge on any atom is 0.322 e. The van der Waals surface area contributed by atoms with E-state index in [1.807, 2.05) is 18.7 Å².